The van der Waals surface area contributed by atoms with Gasteiger partial charge in [-0.25, -0.2) is 0 Å². The molecule has 0 aromatic heterocycles. The van der Waals surface area contributed by atoms with E-state index >= 15 is 0 Å². The number of rotatable bonds is 5. The first-order chi connectivity index (χ1) is 12.1. The molecule has 0 aliphatic rings. The molecule has 0 heterocycles. The van der Waals surface area contributed by atoms with E-state index in [4.69, 9.17) is 14.7 Å². The van der Waals surface area contributed by atoms with E-state index in [9.17, 15) is 9.59 Å². The van der Waals surface area contributed by atoms with E-state index in [1.54, 1.807) is 12.1 Å². The van der Waals surface area contributed by atoms with Gasteiger partial charge in [0.15, 0.2) is 11.5 Å². The van der Waals surface area contributed by atoms with Crippen LogP contribution in [0, 0.1) is 11.3 Å². The highest BCUT2D eigenvalue weighted by Crippen LogP contribution is 2.27. The third kappa shape index (κ3) is 4.48. The van der Waals surface area contributed by atoms with E-state index < -0.39 is 11.8 Å². The Morgan fingerprint density at radius 3 is 2.16 bits per heavy atom. The van der Waals surface area contributed by atoms with Gasteiger partial charge >= 0.3 is 0 Å². The van der Waals surface area contributed by atoms with Crippen molar-refractivity contribution < 1.29 is 19.1 Å². The van der Waals surface area contributed by atoms with Gasteiger partial charge in [0.25, 0.3) is 11.8 Å². The molecule has 0 unspecified atom stereocenters. The van der Waals surface area contributed by atoms with E-state index in [1.807, 2.05) is 13.0 Å². The summed E-state index contributed by atoms with van der Waals surface area (Å²) in [4.78, 5) is 24.1. The summed E-state index contributed by atoms with van der Waals surface area (Å²) in [7, 11) is 1.48. The summed E-state index contributed by atoms with van der Waals surface area (Å²) in [6.45, 7) is 2.32. The number of hydrogen-bond acceptors (Lipinski definition) is 5. The van der Waals surface area contributed by atoms with Crippen LogP contribution in [0.25, 0.3) is 0 Å². The molecule has 2 N–H and O–H groups in total. The van der Waals surface area contributed by atoms with Crippen molar-refractivity contribution in [1.29, 1.82) is 5.26 Å². The normalized spacial score (nSPS) is 9.64. The van der Waals surface area contributed by atoms with Gasteiger partial charge in [-0.05, 0) is 49.4 Å². The molecule has 0 atom stereocenters. The summed E-state index contributed by atoms with van der Waals surface area (Å²) < 4.78 is 10.6. The van der Waals surface area contributed by atoms with Gasteiger partial charge in [-0.15, -0.1) is 0 Å². The SMILES string of the molecule is CCOc1ccc(C(=O)NNC(=O)c2ccc(C#N)cc2)cc1OC. The van der Waals surface area contributed by atoms with Crippen molar-refractivity contribution in [2.24, 2.45) is 0 Å². The number of methoxy groups -OCH3 is 1. The number of nitrogens with one attached hydrogen (secondary N) is 2. The Morgan fingerprint density at radius 2 is 1.60 bits per heavy atom. The second-order valence-electron chi connectivity index (χ2n) is 4.90. The monoisotopic (exact) mass is 339 g/mol. The van der Waals surface area contributed by atoms with Crippen LogP contribution in [-0.2, 0) is 0 Å². The Labute approximate surface area is 145 Å². The standard InChI is InChI=1S/C18H17N3O4/c1-3-25-15-9-8-14(10-16(15)24-2)18(23)21-20-17(22)13-6-4-12(11-19)5-7-13/h4-10H,3H2,1-2H3,(H,20,22)(H,21,23). The molecule has 0 spiro atoms. The zero-order valence-corrected chi connectivity index (χ0v) is 13.8. The highest BCUT2D eigenvalue weighted by atomic mass is 16.5. The number of carbonyl (C=O) groups is 2. The fraction of sp³-hybridized carbons (Fsp3) is 0.167. The first-order valence-corrected chi connectivity index (χ1v) is 7.50. The fourth-order valence-corrected chi connectivity index (χ4v) is 2.04. The van der Waals surface area contributed by atoms with Crippen molar-refractivity contribution in [3.63, 3.8) is 0 Å². The van der Waals surface area contributed by atoms with E-state index in [-0.39, 0.29) is 0 Å². The molecule has 0 aliphatic carbocycles. The minimum atomic E-state index is -0.497. The van der Waals surface area contributed by atoms with Crippen molar-refractivity contribution in [1.82, 2.24) is 10.9 Å². The first kappa shape index (κ1) is 17.8. The zero-order valence-electron chi connectivity index (χ0n) is 13.8. The van der Waals surface area contributed by atoms with Crippen molar-refractivity contribution >= 4 is 11.8 Å². The van der Waals surface area contributed by atoms with Crippen molar-refractivity contribution in [2.45, 2.75) is 6.92 Å². The lowest BCUT2D eigenvalue weighted by atomic mass is 10.1. The van der Waals surface area contributed by atoms with Crippen LogP contribution in [0.3, 0.4) is 0 Å². The number of hydrogen-bond donors (Lipinski definition) is 2. The molecule has 2 aromatic rings. The molecule has 0 aliphatic heterocycles. The molecule has 7 nitrogen and oxygen atoms in total. The Kier molecular flexibility index (Phi) is 5.96. The van der Waals surface area contributed by atoms with Gasteiger partial charge < -0.3 is 9.47 Å². The molecule has 25 heavy (non-hydrogen) atoms. The molecule has 0 bridgehead atoms. The number of nitrogens with zero attached hydrogens (tertiary/aromatic N) is 1. The number of ether oxygens (including phenoxy) is 2. The molecule has 2 aromatic carbocycles. The topological polar surface area (TPSA) is 100 Å². The van der Waals surface area contributed by atoms with E-state index in [0.29, 0.717) is 34.8 Å². The van der Waals surface area contributed by atoms with Crippen LogP contribution in [-0.4, -0.2) is 25.5 Å². The predicted octanol–water partition coefficient (Wildman–Crippen LogP) is 2.04. The van der Waals surface area contributed by atoms with Gasteiger partial charge in [-0.2, -0.15) is 5.26 Å². The lowest BCUT2D eigenvalue weighted by Crippen LogP contribution is -2.41. The Balaban J connectivity index is 2.01. The highest BCUT2D eigenvalue weighted by Gasteiger charge is 2.12. The largest absolute Gasteiger partial charge is 0.493 e. The van der Waals surface area contributed by atoms with E-state index in [1.165, 1.54) is 37.4 Å². The van der Waals surface area contributed by atoms with Gasteiger partial charge in [-0.1, -0.05) is 0 Å². The summed E-state index contributed by atoms with van der Waals surface area (Å²) in [6, 6.07) is 12.7. The number of benzene rings is 2. The van der Waals surface area contributed by atoms with Crippen LogP contribution < -0.4 is 20.3 Å². The van der Waals surface area contributed by atoms with Crippen molar-refractivity contribution in [2.75, 3.05) is 13.7 Å². The van der Waals surface area contributed by atoms with E-state index in [0.717, 1.165) is 0 Å². The third-order valence-electron chi connectivity index (χ3n) is 3.29. The van der Waals surface area contributed by atoms with Crippen LogP contribution >= 0.6 is 0 Å². The molecular weight excluding hydrogens is 322 g/mol. The molecule has 0 saturated carbocycles. The Morgan fingerprint density at radius 1 is 1.00 bits per heavy atom. The summed E-state index contributed by atoms with van der Waals surface area (Å²) >= 11 is 0. The van der Waals surface area contributed by atoms with Crippen LogP contribution in [0.2, 0.25) is 0 Å². The molecule has 128 valence electrons. The van der Waals surface area contributed by atoms with Crippen LogP contribution in [0.5, 0.6) is 11.5 Å². The second kappa shape index (κ2) is 8.36. The minimum Gasteiger partial charge on any atom is -0.493 e. The summed E-state index contributed by atoms with van der Waals surface area (Å²) in [5, 5.41) is 8.74. The van der Waals surface area contributed by atoms with Gasteiger partial charge in [-0.3, -0.25) is 20.4 Å². The number of nitriles is 1. The van der Waals surface area contributed by atoms with Gasteiger partial charge in [0.05, 0.1) is 25.3 Å². The quantitative estimate of drug-likeness (QED) is 0.812. The van der Waals surface area contributed by atoms with Crippen LogP contribution in [0.4, 0.5) is 0 Å². The average Bonchev–Trinajstić information content (AvgIpc) is 2.66. The number of hydrazine groups is 1. The van der Waals surface area contributed by atoms with Gasteiger partial charge in [0.2, 0.25) is 0 Å². The lowest BCUT2D eigenvalue weighted by molar-refractivity contribution is 0.0846. The van der Waals surface area contributed by atoms with E-state index in [2.05, 4.69) is 10.9 Å². The molecule has 7 heteroatoms. The minimum absolute atomic E-state index is 0.306. The van der Waals surface area contributed by atoms with Gasteiger partial charge in [0, 0.05) is 11.1 Å². The maximum Gasteiger partial charge on any atom is 0.269 e. The maximum absolute atomic E-state index is 12.2. The fourth-order valence-electron chi connectivity index (χ4n) is 2.04. The van der Waals surface area contributed by atoms with Crippen molar-refractivity contribution in [3.8, 4) is 17.6 Å². The average molecular weight is 339 g/mol. The Hall–Kier alpha value is -3.53. The van der Waals surface area contributed by atoms with Crippen LogP contribution in [0.1, 0.15) is 33.2 Å². The molecular formula is C18H17N3O4. The molecule has 2 rings (SSSR count). The lowest BCUT2D eigenvalue weighted by Gasteiger charge is -2.11. The summed E-state index contributed by atoms with van der Waals surface area (Å²) in [5.74, 6) is -0.0322. The maximum atomic E-state index is 12.2. The second-order valence-corrected chi connectivity index (χ2v) is 4.90. The molecule has 0 saturated heterocycles. The van der Waals surface area contributed by atoms with Crippen molar-refractivity contribution in [3.05, 3.63) is 59.2 Å². The summed E-state index contributed by atoms with van der Waals surface area (Å²) in [5.41, 5.74) is 5.72. The predicted molar refractivity (Wildman–Crippen MR) is 90.3 cm³/mol. The number of amides is 2. The Bertz CT molecular complexity index is 810. The van der Waals surface area contributed by atoms with Gasteiger partial charge in [0.1, 0.15) is 0 Å². The molecule has 2 amide bonds. The zero-order chi connectivity index (χ0) is 18.2. The number of carbonyl (C=O) groups excluding carboxylic acids is 2. The smallest absolute Gasteiger partial charge is 0.269 e. The summed E-state index contributed by atoms with van der Waals surface area (Å²) in [6.07, 6.45) is 0. The molecule has 0 radical (unpaired) electrons. The molecule has 0 fully saturated rings. The first-order valence-electron chi connectivity index (χ1n) is 7.50. The third-order valence-corrected chi connectivity index (χ3v) is 3.29. The van der Waals surface area contributed by atoms with Crippen LogP contribution in [0.15, 0.2) is 42.5 Å². The highest BCUT2D eigenvalue weighted by molar-refractivity contribution is 5.99.